The third kappa shape index (κ3) is 4.56. The lowest BCUT2D eigenvalue weighted by molar-refractivity contribution is 0.0529. The van der Waals surface area contributed by atoms with Crippen LogP contribution in [0.2, 0.25) is 0 Å². The van der Waals surface area contributed by atoms with Crippen LogP contribution in [0, 0.1) is 6.92 Å². The van der Waals surface area contributed by atoms with Gasteiger partial charge in [-0.25, -0.2) is 4.79 Å². The normalized spacial score (nSPS) is 10.9. The number of carbonyl (C=O) groups excluding carboxylic acids is 2. The second-order valence-electron chi connectivity index (χ2n) is 7.73. The zero-order valence-electron chi connectivity index (χ0n) is 19.7. The van der Waals surface area contributed by atoms with Crippen LogP contribution < -0.4 is 10.1 Å². The van der Waals surface area contributed by atoms with Gasteiger partial charge >= 0.3 is 5.97 Å². The summed E-state index contributed by atoms with van der Waals surface area (Å²) in [6.45, 7) is 8.43. The Kier molecular flexibility index (Phi) is 7.03. The molecule has 4 aromatic rings. The molecule has 2 aromatic heterocycles. The third-order valence-electron chi connectivity index (χ3n) is 5.59. The highest BCUT2D eigenvalue weighted by atomic mass is 32.1. The van der Waals surface area contributed by atoms with Gasteiger partial charge in [-0.2, -0.15) is 0 Å². The van der Waals surface area contributed by atoms with Crippen molar-refractivity contribution in [2.45, 2.75) is 34.1 Å². The first kappa shape index (κ1) is 23.6. The Hall–Kier alpha value is -3.58. The van der Waals surface area contributed by atoms with Gasteiger partial charge in [0.2, 0.25) is 0 Å². The van der Waals surface area contributed by atoms with Crippen LogP contribution in [-0.4, -0.2) is 25.1 Å². The SMILES string of the molecule is CCOC(=O)c1c(-c2ccc(OCC)cc2)csc1NC(=O)c1oc2ccc(CC)cc2c1C. The van der Waals surface area contributed by atoms with E-state index in [0.29, 0.717) is 28.3 Å². The molecule has 0 radical (unpaired) electrons. The molecule has 6 nitrogen and oxygen atoms in total. The van der Waals surface area contributed by atoms with Gasteiger partial charge in [0.05, 0.1) is 13.2 Å². The summed E-state index contributed by atoms with van der Waals surface area (Å²) in [6.07, 6.45) is 0.897. The Morgan fingerprint density at radius 1 is 1.03 bits per heavy atom. The van der Waals surface area contributed by atoms with E-state index in [0.717, 1.165) is 28.7 Å². The fourth-order valence-corrected chi connectivity index (χ4v) is 4.78. The van der Waals surface area contributed by atoms with Crippen molar-refractivity contribution in [1.29, 1.82) is 0 Å². The van der Waals surface area contributed by atoms with Crippen molar-refractivity contribution in [2.24, 2.45) is 0 Å². The highest BCUT2D eigenvalue weighted by Crippen LogP contribution is 2.37. The van der Waals surface area contributed by atoms with E-state index in [1.54, 1.807) is 6.92 Å². The minimum absolute atomic E-state index is 0.229. The van der Waals surface area contributed by atoms with Crippen LogP contribution >= 0.6 is 11.3 Å². The number of ether oxygens (including phenoxy) is 2. The number of amides is 1. The lowest BCUT2D eigenvalue weighted by Crippen LogP contribution is -2.15. The first-order chi connectivity index (χ1) is 16.5. The summed E-state index contributed by atoms with van der Waals surface area (Å²) < 4.78 is 16.7. The van der Waals surface area contributed by atoms with Gasteiger partial charge in [0.25, 0.3) is 5.91 Å². The van der Waals surface area contributed by atoms with Crippen molar-refractivity contribution in [3.63, 3.8) is 0 Å². The summed E-state index contributed by atoms with van der Waals surface area (Å²) in [5.74, 6) is 0.0857. The van der Waals surface area contributed by atoms with Crippen LogP contribution in [0.1, 0.15) is 52.8 Å². The molecule has 0 saturated carbocycles. The molecule has 0 unspecified atom stereocenters. The molecule has 7 heteroatoms. The van der Waals surface area contributed by atoms with Gasteiger partial charge in [0.15, 0.2) is 5.76 Å². The smallest absolute Gasteiger partial charge is 0.341 e. The zero-order valence-corrected chi connectivity index (χ0v) is 20.5. The number of thiophene rings is 1. The molecular formula is C27H27NO5S. The van der Waals surface area contributed by atoms with Gasteiger partial charge in [0, 0.05) is 21.9 Å². The van der Waals surface area contributed by atoms with Gasteiger partial charge in [-0.1, -0.05) is 25.1 Å². The van der Waals surface area contributed by atoms with Crippen LogP contribution in [-0.2, 0) is 11.2 Å². The number of benzene rings is 2. The van der Waals surface area contributed by atoms with Crippen LogP contribution in [0.25, 0.3) is 22.1 Å². The highest BCUT2D eigenvalue weighted by Gasteiger charge is 2.25. The first-order valence-electron chi connectivity index (χ1n) is 11.3. The monoisotopic (exact) mass is 477 g/mol. The standard InChI is InChI=1S/C27H27NO5S/c1-5-17-8-13-22-20(14-17)16(4)24(33-22)25(29)28-26-23(27(30)32-7-3)21(15-34-26)18-9-11-19(12-10-18)31-6-2/h8-15H,5-7H2,1-4H3,(H,28,29). The number of anilines is 1. The van der Waals surface area contributed by atoms with E-state index in [2.05, 4.69) is 12.2 Å². The molecule has 0 aliphatic heterocycles. The number of nitrogens with one attached hydrogen (secondary N) is 1. The Labute approximate surface area is 202 Å². The second-order valence-corrected chi connectivity index (χ2v) is 8.61. The highest BCUT2D eigenvalue weighted by molar-refractivity contribution is 7.15. The van der Waals surface area contributed by atoms with E-state index in [1.807, 2.05) is 61.7 Å². The minimum Gasteiger partial charge on any atom is -0.494 e. The number of hydrogen-bond acceptors (Lipinski definition) is 6. The maximum Gasteiger partial charge on any atom is 0.341 e. The molecule has 0 bridgehead atoms. The summed E-state index contributed by atoms with van der Waals surface area (Å²) in [7, 11) is 0. The molecule has 1 N–H and O–H groups in total. The van der Waals surface area contributed by atoms with Gasteiger partial charge in [-0.05, 0) is 62.6 Å². The van der Waals surface area contributed by atoms with Crippen molar-refractivity contribution in [3.8, 4) is 16.9 Å². The maximum absolute atomic E-state index is 13.2. The Bertz CT molecular complexity index is 1330. The summed E-state index contributed by atoms with van der Waals surface area (Å²) >= 11 is 1.28. The summed E-state index contributed by atoms with van der Waals surface area (Å²) in [6, 6.07) is 13.4. The average molecular weight is 478 g/mol. The molecule has 0 fully saturated rings. The molecule has 1 amide bonds. The van der Waals surface area contributed by atoms with Crippen LogP contribution in [0.3, 0.4) is 0 Å². The molecule has 0 spiro atoms. The van der Waals surface area contributed by atoms with Crippen molar-refractivity contribution >= 4 is 39.2 Å². The Morgan fingerprint density at radius 2 is 1.79 bits per heavy atom. The van der Waals surface area contributed by atoms with Crippen LogP contribution in [0.4, 0.5) is 5.00 Å². The van der Waals surface area contributed by atoms with Crippen molar-refractivity contribution in [2.75, 3.05) is 18.5 Å². The van der Waals surface area contributed by atoms with E-state index in [-0.39, 0.29) is 12.4 Å². The molecule has 0 saturated heterocycles. The van der Waals surface area contributed by atoms with Crippen molar-refractivity contribution < 1.29 is 23.5 Å². The van der Waals surface area contributed by atoms with Crippen molar-refractivity contribution in [1.82, 2.24) is 0 Å². The second kappa shape index (κ2) is 10.1. The fraction of sp³-hybridized carbons (Fsp3) is 0.259. The number of carbonyl (C=O) groups is 2. The van der Waals surface area contributed by atoms with E-state index in [9.17, 15) is 9.59 Å². The maximum atomic E-state index is 13.2. The van der Waals surface area contributed by atoms with Crippen molar-refractivity contribution in [3.05, 3.63) is 70.3 Å². The molecule has 2 heterocycles. The Balaban J connectivity index is 1.69. The van der Waals surface area contributed by atoms with Crippen LogP contribution in [0.15, 0.2) is 52.3 Å². The average Bonchev–Trinajstić information content (AvgIpc) is 3.40. The topological polar surface area (TPSA) is 77.8 Å². The van der Waals surface area contributed by atoms with Gasteiger partial charge in [0.1, 0.15) is 21.9 Å². The molecule has 0 atom stereocenters. The van der Waals surface area contributed by atoms with Gasteiger partial charge < -0.3 is 19.2 Å². The third-order valence-corrected chi connectivity index (χ3v) is 6.48. The molecule has 2 aromatic carbocycles. The van der Waals surface area contributed by atoms with Gasteiger partial charge in [-0.3, -0.25) is 4.79 Å². The number of aryl methyl sites for hydroxylation is 2. The number of fused-ring (bicyclic) bond motifs is 1. The lowest BCUT2D eigenvalue weighted by Gasteiger charge is -2.09. The zero-order chi connectivity index (χ0) is 24.2. The first-order valence-corrected chi connectivity index (χ1v) is 12.2. The number of rotatable bonds is 8. The lowest BCUT2D eigenvalue weighted by atomic mass is 10.0. The quantitative estimate of drug-likeness (QED) is 0.281. The molecule has 0 aliphatic rings. The minimum atomic E-state index is -0.489. The van der Waals surface area contributed by atoms with E-state index in [4.69, 9.17) is 13.9 Å². The number of esters is 1. The van der Waals surface area contributed by atoms with E-state index >= 15 is 0 Å². The fourth-order valence-electron chi connectivity index (χ4n) is 3.83. The molecule has 176 valence electrons. The van der Waals surface area contributed by atoms with Gasteiger partial charge in [-0.15, -0.1) is 11.3 Å². The summed E-state index contributed by atoms with van der Waals surface area (Å²) in [5.41, 5.74) is 4.44. The van der Waals surface area contributed by atoms with E-state index in [1.165, 1.54) is 16.9 Å². The van der Waals surface area contributed by atoms with Crippen LogP contribution in [0.5, 0.6) is 5.75 Å². The number of furan rings is 1. The molecule has 4 rings (SSSR count). The molecule has 34 heavy (non-hydrogen) atoms. The largest absolute Gasteiger partial charge is 0.494 e. The van der Waals surface area contributed by atoms with E-state index < -0.39 is 11.9 Å². The molecule has 0 aliphatic carbocycles. The predicted octanol–water partition coefficient (Wildman–Crippen LogP) is 6.86. The predicted molar refractivity (Wildman–Crippen MR) is 135 cm³/mol. The summed E-state index contributed by atoms with van der Waals surface area (Å²) in [5, 5.41) is 6.05. The Morgan fingerprint density at radius 3 is 2.47 bits per heavy atom. The number of hydrogen-bond donors (Lipinski definition) is 1. The molecular weight excluding hydrogens is 450 g/mol. The summed E-state index contributed by atoms with van der Waals surface area (Å²) in [4.78, 5) is 26.1.